The Morgan fingerprint density at radius 1 is 1.43 bits per heavy atom. The standard InChI is InChI=1S/C18H20FN5O3S/c1-2-27-18(26)23-8-6-22(7-9-23)14(12-4-3-5-13(19)10-12)15-16(25)24-17(28-15)20-11-21-24/h3-5,10-11,14,25H,2,6-9H2,1H3/p+1/t14-/m1/s1. The number of aromatic hydroxyl groups is 1. The predicted molar refractivity (Wildman–Crippen MR) is 100 cm³/mol. The SMILES string of the molecule is CCOC(=O)N1CC[NH+]([C@H](c2cccc(F)c2)c2sc3ncnn3c2O)CC1. The largest absolute Gasteiger partial charge is 0.492 e. The number of benzene rings is 1. The molecule has 0 bridgehead atoms. The molecule has 4 rings (SSSR count). The number of carbonyl (C=O) groups is 1. The number of hydrogen-bond acceptors (Lipinski definition) is 6. The molecule has 0 radical (unpaired) electrons. The van der Waals surface area contributed by atoms with Gasteiger partial charge >= 0.3 is 6.09 Å². The Hall–Kier alpha value is -2.72. The van der Waals surface area contributed by atoms with Crippen LogP contribution >= 0.6 is 11.3 Å². The Bertz CT molecular complexity index is 983. The van der Waals surface area contributed by atoms with E-state index in [-0.39, 0.29) is 23.8 Å². The van der Waals surface area contributed by atoms with Crippen LogP contribution in [-0.4, -0.2) is 63.5 Å². The molecule has 0 saturated carbocycles. The van der Waals surface area contributed by atoms with Crippen LogP contribution in [0.4, 0.5) is 9.18 Å². The van der Waals surface area contributed by atoms with E-state index < -0.39 is 0 Å². The molecular formula is C18H21FN5O3S+. The van der Waals surface area contributed by atoms with Gasteiger partial charge in [0.15, 0.2) is 6.04 Å². The number of nitrogens with zero attached hydrogens (tertiary/aromatic N) is 4. The van der Waals surface area contributed by atoms with E-state index in [0.29, 0.717) is 42.6 Å². The van der Waals surface area contributed by atoms with Crippen LogP contribution in [0.15, 0.2) is 30.6 Å². The average molecular weight is 406 g/mol. The molecule has 0 aliphatic carbocycles. The van der Waals surface area contributed by atoms with Gasteiger partial charge in [-0.25, -0.2) is 14.2 Å². The Kier molecular flexibility index (Phi) is 5.14. The lowest BCUT2D eigenvalue weighted by molar-refractivity contribution is -0.929. The van der Waals surface area contributed by atoms with Crippen LogP contribution in [0.5, 0.6) is 5.88 Å². The van der Waals surface area contributed by atoms with E-state index in [2.05, 4.69) is 10.1 Å². The zero-order valence-electron chi connectivity index (χ0n) is 15.3. The first kappa shape index (κ1) is 18.6. The van der Waals surface area contributed by atoms with Crippen molar-refractivity contribution in [1.29, 1.82) is 0 Å². The molecule has 1 saturated heterocycles. The first-order valence-corrected chi connectivity index (χ1v) is 9.93. The zero-order chi connectivity index (χ0) is 19.7. The number of amides is 1. The van der Waals surface area contributed by atoms with Crippen molar-refractivity contribution in [3.8, 4) is 5.88 Å². The Morgan fingerprint density at radius 2 is 2.21 bits per heavy atom. The third kappa shape index (κ3) is 3.40. The van der Waals surface area contributed by atoms with E-state index in [9.17, 15) is 14.3 Å². The van der Waals surface area contributed by atoms with Gasteiger partial charge in [-0.2, -0.15) is 9.61 Å². The van der Waals surface area contributed by atoms with E-state index in [0.717, 1.165) is 10.5 Å². The van der Waals surface area contributed by atoms with Gasteiger partial charge in [-0.1, -0.05) is 23.5 Å². The molecule has 2 aromatic heterocycles. The summed E-state index contributed by atoms with van der Waals surface area (Å²) in [4.78, 5) is 20.2. The van der Waals surface area contributed by atoms with Crippen molar-refractivity contribution in [3.63, 3.8) is 0 Å². The molecular weight excluding hydrogens is 385 g/mol. The predicted octanol–water partition coefficient (Wildman–Crippen LogP) is 1.08. The molecule has 3 heterocycles. The van der Waals surface area contributed by atoms with E-state index in [1.807, 2.05) is 6.07 Å². The Balaban J connectivity index is 1.66. The second kappa shape index (κ2) is 7.72. The number of ether oxygens (including phenoxy) is 1. The molecule has 1 aromatic carbocycles. The molecule has 0 unspecified atom stereocenters. The average Bonchev–Trinajstić information content (AvgIpc) is 3.27. The molecule has 1 aliphatic rings. The van der Waals surface area contributed by atoms with Crippen molar-refractivity contribution in [1.82, 2.24) is 19.5 Å². The van der Waals surface area contributed by atoms with E-state index in [1.54, 1.807) is 17.9 Å². The zero-order valence-corrected chi connectivity index (χ0v) is 16.2. The first-order chi connectivity index (χ1) is 13.6. The summed E-state index contributed by atoms with van der Waals surface area (Å²) in [7, 11) is 0. The number of aromatic nitrogens is 3. The van der Waals surface area contributed by atoms with Gasteiger partial charge in [0.2, 0.25) is 10.8 Å². The van der Waals surface area contributed by atoms with Gasteiger partial charge in [-0.15, -0.1) is 0 Å². The first-order valence-electron chi connectivity index (χ1n) is 9.11. The van der Waals surface area contributed by atoms with Gasteiger partial charge in [0, 0.05) is 5.56 Å². The summed E-state index contributed by atoms with van der Waals surface area (Å²) in [6, 6.07) is 6.13. The molecule has 1 aliphatic heterocycles. The van der Waals surface area contributed by atoms with Gasteiger partial charge in [0.25, 0.3) is 0 Å². The highest BCUT2D eigenvalue weighted by molar-refractivity contribution is 7.17. The third-order valence-corrected chi connectivity index (χ3v) is 6.02. The lowest BCUT2D eigenvalue weighted by Crippen LogP contribution is -3.15. The van der Waals surface area contributed by atoms with Gasteiger partial charge < -0.3 is 14.7 Å². The second-order valence-corrected chi connectivity index (χ2v) is 7.59. The minimum atomic E-state index is -0.328. The molecule has 1 atom stereocenters. The summed E-state index contributed by atoms with van der Waals surface area (Å²) in [5, 5.41) is 14.7. The Labute approximate surface area is 164 Å². The number of halogens is 1. The number of fused-ring (bicyclic) bond motifs is 1. The number of piperazine rings is 1. The number of hydrogen-bond donors (Lipinski definition) is 2. The lowest BCUT2D eigenvalue weighted by Gasteiger charge is -2.35. The van der Waals surface area contributed by atoms with E-state index in [4.69, 9.17) is 4.74 Å². The highest BCUT2D eigenvalue weighted by atomic mass is 32.1. The normalized spacial score (nSPS) is 16.4. The molecule has 8 nitrogen and oxygen atoms in total. The fraction of sp³-hybridized carbons (Fsp3) is 0.389. The summed E-state index contributed by atoms with van der Waals surface area (Å²) in [6.07, 6.45) is 1.07. The van der Waals surface area contributed by atoms with E-state index >= 15 is 0 Å². The highest BCUT2D eigenvalue weighted by Gasteiger charge is 2.36. The molecule has 1 fully saturated rings. The summed E-state index contributed by atoms with van der Waals surface area (Å²) < 4.78 is 20.4. The molecule has 28 heavy (non-hydrogen) atoms. The van der Waals surface area contributed by atoms with Crippen LogP contribution < -0.4 is 4.90 Å². The van der Waals surface area contributed by atoms with Gasteiger partial charge in [-0.3, -0.25) is 4.90 Å². The van der Waals surface area contributed by atoms with E-state index in [1.165, 1.54) is 34.3 Å². The third-order valence-electron chi connectivity index (χ3n) is 4.92. The van der Waals surface area contributed by atoms with Gasteiger partial charge in [0.05, 0.1) is 32.8 Å². The highest BCUT2D eigenvalue weighted by Crippen LogP contribution is 2.34. The summed E-state index contributed by atoms with van der Waals surface area (Å²) in [5.41, 5.74) is 0.763. The number of carbonyl (C=O) groups excluding carboxylic acids is 1. The number of rotatable bonds is 4. The fourth-order valence-electron chi connectivity index (χ4n) is 3.62. The monoisotopic (exact) mass is 406 g/mol. The Morgan fingerprint density at radius 3 is 2.89 bits per heavy atom. The van der Waals surface area contributed by atoms with Crippen LogP contribution in [0.2, 0.25) is 0 Å². The van der Waals surface area contributed by atoms with Crippen molar-refractivity contribution in [2.45, 2.75) is 13.0 Å². The van der Waals surface area contributed by atoms with Crippen LogP contribution in [0.3, 0.4) is 0 Å². The number of thiazole rings is 1. The lowest BCUT2D eigenvalue weighted by atomic mass is 10.0. The van der Waals surface area contributed by atoms with Crippen molar-refractivity contribution in [3.05, 3.63) is 46.9 Å². The molecule has 2 N–H and O–H groups in total. The molecule has 1 amide bonds. The second-order valence-electron chi connectivity index (χ2n) is 6.58. The minimum Gasteiger partial charge on any atom is -0.492 e. The van der Waals surface area contributed by atoms with Gasteiger partial charge in [-0.05, 0) is 19.1 Å². The summed E-state index contributed by atoms with van der Waals surface area (Å²) in [6.45, 7) is 4.47. The van der Waals surface area contributed by atoms with Crippen molar-refractivity contribution in [2.24, 2.45) is 0 Å². The maximum Gasteiger partial charge on any atom is 0.410 e. The maximum absolute atomic E-state index is 13.9. The summed E-state index contributed by atoms with van der Waals surface area (Å²) >= 11 is 1.34. The molecule has 148 valence electrons. The van der Waals surface area contributed by atoms with Crippen molar-refractivity contribution in [2.75, 3.05) is 32.8 Å². The molecule has 3 aromatic rings. The van der Waals surface area contributed by atoms with Crippen LogP contribution in [0.25, 0.3) is 4.96 Å². The van der Waals surface area contributed by atoms with Crippen LogP contribution in [0, 0.1) is 5.82 Å². The summed E-state index contributed by atoms with van der Waals surface area (Å²) in [5.74, 6) is -0.307. The molecule has 0 spiro atoms. The topological polar surface area (TPSA) is 84.4 Å². The number of nitrogens with one attached hydrogen (secondary N) is 1. The number of quaternary nitrogens is 1. The van der Waals surface area contributed by atoms with Crippen molar-refractivity contribution < 1.29 is 23.9 Å². The van der Waals surface area contributed by atoms with Crippen LogP contribution in [0.1, 0.15) is 23.4 Å². The maximum atomic E-state index is 13.9. The quantitative estimate of drug-likeness (QED) is 0.678. The van der Waals surface area contributed by atoms with Crippen LogP contribution in [-0.2, 0) is 4.74 Å². The van der Waals surface area contributed by atoms with Crippen molar-refractivity contribution >= 4 is 22.4 Å². The minimum absolute atomic E-state index is 0.0204. The van der Waals surface area contributed by atoms with Gasteiger partial charge in [0.1, 0.15) is 17.0 Å². The fourth-order valence-corrected chi connectivity index (χ4v) is 4.74. The molecule has 10 heteroatoms. The smallest absolute Gasteiger partial charge is 0.410 e.